The summed E-state index contributed by atoms with van der Waals surface area (Å²) in [5.41, 5.74) is 7.22. The minimum atomic E-state index is -0.0685. The lowest BCUT2D eigenvalue weighted by Crippen LogP contribution is -2.46. The van der Waals surface area contributed by atoms with Crippen LogP contribution < -0.4 is 11.1 Å². The topological polar surface area (TPSA) is 64.4 Å². The number of hydrogen-bond acceptors (Lipinski definition) is 3. The van der Waals surface area contributed by atoms with Gasteiger partial charge in [0.15, 0.2) is 0 Å². The van der Waals surface area contributed by atoms with Gasteiger partial charge in [0.2, 0.25) is 5.91 Å². The molecule has 1 amide bonds. The molecule has 2 fully saturated rings. The van der Waals surface area contributed by atoms with Crippen LogP contribution in [0.2, 0.25) is 5.02 Å². The summed E-state index contributed by atoms with van der Waals surface area (Å²) >= 11 is 6.06. The second-order valence-electron chi connectivity index (χ2n) is 8.12. The molecule has 4 nitrogen and oxygen atoms in total. The number of hydrogen-bond donors (Lipinski definition) is 2. The highest BCUT2D eigenvalue weighted by atomic mass is 35.5. The van der Waals surface area contributed by atoms with Gasteiger partial charge in [-0.1, -0.05) is 43.0 Å². The molecule has 1 heterocycles. The Morgan fingerprint density at radius 3 is 2.35 bits per heavy atom. The van der Waals surface area contributed by atoms with Crippen LogP contribution in [0.25, 0.3) is 0 Å². The molecular formula is C21H31ClN2O2. The maximum Gasteiger partial charge on any atom is 0.220 e. The molecule has 1 saturated heterocycles. The van der Waals surface area contributed by atoms with Crippen LogP contribution in [0.1, 0.15) is 56.9 Å². The standard InChI is InChI=1S/C21H31ClN2O2/c22-18-6-4-17(5-7-18)21(10-12-26-13-11-21)16-24-19(25)14-20(15-23)8-2-1-3-9-20/h4-7H,1-3,8-16,23H2,(H,24,25). The molecule has 2 aliphatic rings. The Morgan fingerprint density at radius 1 is 1.08 bits per heavy atom. The predicted octanol–water partition coefficient (Wildman–Crippen LogP) is 3.80. The van der Waals surface area contributed by atoms with E-state index in [-0.39, 0.29) is 16.7 Å². The van der Waals surface area contributed by atoms with Crippen LogP contribution in [0.5, 0.6) is 0 Å². The Hall–Kier alpha value is -1.10. The summed E-state index contributed by atoms with van der Waals surface area (Å²) in [6, 6.07) is 8.04. The van der Waals surface area contributed by atoms with Crippen molar-refractivity contribution in [3.05, 3.63) is 34.9 Å². The number of benzene rings is 1. The summed E-state index contributed by atoms with van der Waals surface area (Å²) in [7, 11) is 0. The van der Waals surface area contributed by atoms with Crippen molar-refractivity contribution in [1.82, 2.24) is 5.32 Å². The van der Waals surface area contributed by atoms with Gasteiger partial charge in [-0.15, -0.1) is 0 Å². The van der Waals surface area contributed by atoms with Crippen molar-refractivity contribution in [3.8, 4) is 0 Å². The highest BCUT2D eigenvalue weighted by Crippen LogP contribution is 2.39. The molecule has 0 spiro atoms. The van der Waals surface area contributed by atoms with Gasteiger partial charge in [0.25, 0.3) is 0 Å². The summed E-state index contributed by atoms with van der Waals surface area (Å²) in [4.78, 5) is 12.7. The zero-order chi connectivity index (χ0) is 18.5. The van der Waals surface area contributed by atoms with E-state index in [1.54, 1.807) is 0 Å². The third kappa shape index (κ3) is 4.59. The van der Waals surface area contributed by atoms with Crippen LogP contribution in [-0.2, 0) is 14.9 Å². The van der Waals surface area contributed by atoms with Crippen molar-refractivity contribution in [3.63, 3.8) is 0 Å². The van der Waals surface area contributed by atoms with E-state index in [0.717, 1.165) is 43.9 Å². The van der Waals surface area contributed by atoms with Crippen molar-refractivity contribution >= 4 is 17.5 Å². The van der Waals surface area contributed by atoms with Crippen LogP contribution >= 0.6 is 11.6 Å². The maximum absolute atomic E-state index is 12.7. The number of ether oxygens (including phenoxy) is 1. The highest BCUT2D eigenvalue weighted by molar-refractivity contribution is 6.30. The van der Waals surface area contributed by atoms with Gasteiger partial charge in [-0.2, -0.15) is 0 Å². The van der Waals surface area contributed by atoms with Gasteiger partial charge >= 0.3 is 0 Å². The molecule has 144 valence electrons. The van der Waals surface area contributed by atoms with E-state index in [2.05, 4.69) is 17.4 Å². The molecule has 1 aliphatic heterocycles. The van der Waals surface area contributed by atoms with Crippen LogP contribution in [0.4, 0.5) is 0 Å². The molecule has 3 N–H and O–H groups in total. The zero-order valence-electron chi connectivity index (χ0n) is 15.6. The summed E-state index contributed by atoms with van der Waals surface area (Å²) < 4.78 is 5.58. The van der Waals surface area contributed by atoms with Crippen LogP contribution in [0.15, 0.2) is 24.3 Å². The van der Waals surface area contributed by atoms with E-state index in [4.69, 9.17) is 22.1 Å². The molecule has 1 saturated carbocycles. The Bertz CT molecular complexity index is 591. The van der Waals surface area contributed by atoms with Crippen molar-refractivity contribution in [2.75, 3.05) is 26.3 Å². The second kappa shape index (κ2) is 8.73. The molecule has 0 aromatic heterocycles. The Kier molecular flexibility index (Phi) is 6.60. The molecule has 0 atom stereocenters. The predicted molar refractivity (Wildman–Crippen MR) is 105 cm³/mol. The first-order chi connectivity index (χ1) is 12.6. The van der Waals surface area contributed by atoms with Gasteiger partial charge in [-0.05, 0) is 55.3 Å². The monoisotopic (exact) mass is 378 g/mol. The van der Waals surface area contributed by atoms with E-state index in [1.165, 1.54) is 24.8 Å². The van der Waals surface area contributed by atoms with Crippen LogP contribution in [-0.4, -0.2) is 32.2 Å². The van der Waals surface area contributed by atoms with E-state index in [0.29, 0.717) is 19.5 Å². The fourth-order valence-corrected chi connectivity index (χ4v) is 4.68. The van der Waals surface area contributed by atoms with Crippen molar-refractivity contribution in [1.29, 1.82) is 0 Å². The summed E-state index contributed by atoms with van der Waals surface area (Å²) in [5, 5.41) is 3.97. The smallest absolute Gasteiger partial charge is 0.220 e. The fraction of sp³-hybridized carbons (Fsp3) is 0.667. The van der Waals surface area contributed by atoms with Crippen molar-refractivity contribution in [2.45, 2.75) is 56.8 Å². The first kappa shape index (κ1) is 19.7. The third-order valence-electron chi connectivity index (χ3n) is 6.41. The lowest BCUT2D eigenvalue weighted by molar-refractivity contribution is -0.124. The molecular weight excluding hydrogens is 348 g/mol. The average molecular weight is 379 g/mol. The molecule has 0 unspecified atom stereocenters. The number of rotatable bonds is 6. The minimum absolute atomic E-state index is 0.00540. The van der Waals surface area contributed by atoms with Crippen LogP contribution in [0.3, 0.4) is 0 Å². The van der Waals surface area contributed by atoms with Gasteiger partial charge in [0.05, 0.1) is 0 Å². The molecule has 3 rings (SSSR count). The summed E-state index contributed by atoms with van der Waals surface area (Å²) in [6.07, 6.45) is 8.18. The van der Waals surface area contributed by atoms with Crippen molar-refractivity contribution in [2.24, 2.45) is 11.1 Å². The molecule has 5 heteroatoms. The molecule has 1 aromatic rings. The number of nitrogens with one attached hydrogen (secondary N) is 1. The van der Waals surface area contributed by atoms with E-state index >= 15 is 0 Å². The van der Waals surface area contributed by atoms with Gasteiger partial charge in [-0.25, -0.2) is 0 Å². The highest BCUT2D eigenvalue weighted by Gasteiger charge is 2.37. The van der Waals surface area contributed by atoms with Gasteiger partial charge in [0.1, 0.15) is 0 Å². The first-order valence-electron chi connectivity index (χ1n) is 9.88. The quantitative estimate of drug-likeness (QED) is 0.791. The van der Waals surface area contributed by atoms with Crippen LogP contribution in [0, 0.1) is 5.41 Å². The SMILES string of the molecule is NCC1(CC(=O)NCC2(c3ccc(Cl)cc3)CCOCC2)CCCCC1. The number of carbonyl (C=O) groups excluding carboxylic acids is 1. The van der Waals surface area contributed by atoms with E-state index in [1.807, 2.05) is 12.1 Å². The van der Waals surface area contributed by atoms with E-state index in [9.17, 15) is 4.79 Å². The molecule has 0 radical (unpaired) electrons. The molecule has 1 aliphatic carbocycles. The van der Waals surface area contributed by atoms with Gasteiger partial charge in [-0.3, -0.25) is 4.79 Å². The lowest BCUT2D eigenvalue weighted by atomic mass is 9.71. The normalized spacial score (nSPS) is 21.9. The number of nitrogens with two attached hydrogens (primary N) is 1. The maximum atomic E-state index is 12.7. The first-order valence-corrected chi connectivity index (χ1v) is 10.3. The zero-order valence-corrected chi connectivity index (χ0v) is 16.3. The fourth-order valence-electron chi connectivity index (χ4n) is 4.56. The van der Waals surface area contributed by atoms with E-state index < -0.39 is 0 Å². The number of amides is 1. The number of carbonyl (C=O) groups is 1. The Balaban J connectivity index is 1.66. The molecule has 1 aromatic carbocycles. The molecule has 0 bridgehead atoms. The average Bonchev–Trinajstić information content (AvgIpc) is 2.68. The van der Waals surface area contributed by atoms with Gasteiger partial charge in [0, 0.05) is 36.6 Å². The summed E-state index contributed by atoms with van der Waals surface area (Å²) in [5.74, 6) is 0.136. The molecule has 26 heavy (non-hydrogen) atoms. The minimum Gasteiger partial charge on any atom is -0.381 e. The third-order valence-corrected chi connectivity index (χ3v) is 6.67. The van der Waals surface area contributed by atoms with Crippen molar-refractivity contribution < 1.29 is 9.53 Å². The lowest BCUT2D eigenvalue weighted by Gasteiger charge is -2.39. The van der Waals surface area contributed by atoms with Gasteiger partial charge < -0.3 is 15.8 Å². The Labute approximate surface area is 161 Å². The largest absolute Gasteiger partial charge is 0.381 e. The summed E-state index contributed by atoms with van der Waals surface area (Å²) in [6.45, 7) is 2.71. The Morgan fingerprint density at radius 2 is 1.73 bits per heavy atom. The second-order valence-corrected chi connectivity index (χ2v) is 8.55. The number of halogens is 1.